The Balaban J connectivity index is 0. The minimum Gasteiger partial charge on any atom is -0.502 e. The van der Waals surface area contributed by atoms with E-state index in [1.807, 2.05) is 33.8 Å². The van der Waals surface area contributed by atoms with Crippen LogP contribution >= 0.6 is 0 Å². The maximum atomic E-state index is 5.92. The fraction of sp³-hybridized carbons (Fsp3) is 0.947. The van der Waals surface area contributed by atoms with Crippen LogP contribution in [0.3, 0.4) is 0 Å². The molecule has 0 heterocycles. The molecule has 0 fully saturated rings. The second kappa shape index (κ2) is 34.1. The molecule has 278 valence electrons. The molecule has 0 aromatic heterocycles. The molecule has 2 unspecified atom stereocenters. The first-order valence-electron chi connectivity index (χ1n) is 18.9. The van der Waals surface area contributed by atoms with E-state index < -0.39 is 11.9 Å². The lowest BCUT2D eigenvalue weighted by atomic mass is 9.93. The van der Waals surface area contributed by atoms with Crippen molar-refractivity contribution in [2.24, 2.45) is 5.92 Å². The SMILES string of the molecule is CCC=COCCCC(CCCCCCCC)C(OC)(OC)OC.CCCCCCCCC(OCC)C(OCC)(OCC)OCC. The van der Waals surface area contributed by atoms with Crippen molar-refractivity contribution >= 4 is 0 Å². The highest BCUT2D eigenvalue weighted by Gasteiger charge is 2.43. The van der Waals surface area contributed by atoms with Crippen molar-refractivity contribution in [1.29, 1.82) is 0 Å². The Morgan fingerprint density at radius 2 is 0.957 bits per heavy atom. The van der Waals surface area contributed by atoms with Gasteiger partial charge in [0, 0.05) is 53.7 Å². The normalized spacial score (nSPS) is 13.5. The van der Waals surface area contributed by atoms with Crippen molar-refractivity contribution < 1.29 is 37.9 Å². The number of unbranched alkanes of at least 4 members (excludes halogenated alkanes) is 10. The minimum absolute atomic E-state index is 0.177. The van der Waals surface area contributed by atoms with Crippen LogP contribution in [-0.4, -0.2) is 72.4 Å². The van der Waals surface area contributed by atoms with E-state index in [4.69, 9.17) is 37.9 Å². The lowest BCUT2D eigenvalue weighted by molar-refractivity contribution is -0.415. The van der Waals surface area contributed by atoms with Gasteiger partial charge in [0.25, 0.3) is 5.97 Å². The van der Waals surface area contributed by atoms with Crippen LogP contribution in [0.25, 0.3) is 0 Å². The maximum absolute atomic E-state index is 5.92. The van der Waals surface area contributed by atoms with Gasteiger partial charge in [-0.2, -0.15) is 0 Å². The van der Waals surface area contributed by atoms with Crippen molar-refractivity contribution in [2.75, 3.05) is 54.4 Å². The summed E-state index contributed by atoms with van der Waals surface area (Å²) in [7, 11) is 4.96. The van der Waals surface area contributed by atoms with E-state index in [1.54, 1.807) is 27.6 Å². The molecule has 0 saturated heterocycles. The van der Waals surface area contributed by atoms with Crippen LogP contribution in [0.1, 0.15) is 158 Å². The van der Waals surface area contributed by atoms with Crippen molar-refractivity contribution in [1.82, 2.24) is 0 Å². The smallest absolute Gasteiger partial charge is 0.310 e. The molecule has 0 aromatic carbocycles. The monoisotopic (exact) mass is 663 g/mol. The minimum atomic E-state index is -1.06. The van der Waals surface area contributed by atoms with Gasteiger partial charge in [-0.1, -0.05) is 104 Å². The summed E-state index contributed by atoms with van der Waals surface area (Å²) < 4.78 is 45.7. The van der Waals surface area contributed by atoms with Crippen molar-refractivity contribution in [3.05, 3.63) is 12.3 Å². The largest absolute Gasteiger partial charge is 0.502 e. The summed E-state index contributed by atoms with van der Waals surface area (Å²) in [5, 5.41) is 0. The average molecular weight is 663 g/mol. The summed E-state index contributed by atoms with van der Waals surface area (Å²) in [6.07, 6.45) is 23.8. The van der Waals surface area contributed by atoms with Crippen LogP contribution in [0.5, 0.6) is 0 Å². The summed E-state index contributed by atoms with van der Waals surface area (Å²) in [5.41, 5.74) is 0. The van der Waals surface area contributed by atoms with Crippen molar-refractivity contribution in [2.45, 2.75) is 176 Å². The lowest BCUT2D eigenvalue weighted by Crippen LogP contribution is -2.51. The van der Waals surface area contributed by atoms with E-state index in [0.717, 1.165) is 45.1 Å². The highest BCUT2D eigenvalue weighted by Crippen LogP contribution is 2.32. The van der Waals surface area contributed by atoms with Crippen LogP contribution < -0.4 is 0 Å². The number of hydrogen-bond acceptors (Lipinski definition) is 8. The van der Waals surface area contributed by atoms with E-state index in [-0.39, 0.29) is 12.0 Å². The molecule has 0 aromatic rings. The van der Waals surface area contributed by atoms with Gasteiger partial charge in [-0.05, 0) is 59.8 Å². The van der Waals surface area contributed by atoms with E-state index in [9.17, 15) is 0 Å². The van der Waals surface area contributed by atoms with Gasteiger partial charge in [-0.25, -0.2) is 0 Å². The summed E-state index contributed by atoms with van der Waals surface area (Å²) >= 11 is 0. The van der Waals surface area contributed by atoms with Crippen molar-refractivity contribution in [3.8, 4) is 0 Å². The van der Waals surface area contributed by atoms with Gasteiger partial charge < -0.3 is 37.9 Å². The molecule has 0 N–H and O–H groups in total. The van der Waals surface area contributed by atoms with Crippen molar-refractivity contribution in [3.63, 3.8) is 0 Å². The molecule has 2 atom stereocenters. The molecule has 8 heteroatoms. The molecule has 46 heavy (non-hydrogen) atoms. The van der Waals surface area contributed by atoms with Gasteiger partial charge in [0.05, 0.1) is 12.9 Å². The Kier molecular flexibility index (Phi) is 35.2. The summed E-state index contributed by atoms with van der Waals surface area (Å²) in [4.78, 5) is 0. The fourth-order valence-corrected chi connectivity index (χ4v) is 5.75. The predicted octanol–water partition coefficient (Wildman–Crippen LogP) is 10.6. The standard InChI is InChI=1S/C20H40O4.C18H38O4/c1-6-8-10-11-12-13-15-19(20(21-3,22-4)23-5)16-14-18-24-17-9-7-2;1-6-11-12-13-14-15-16-17(19-7-2)18(20-8-3,21-9-4)22-10-5/h9,17,19H,6-8,10-16,18H2,1-5H3;17H,6-16H2,1-5H3. The molecular weight excluding hydrogens is 584 g/mol. The highest BCUT2D eigenvalue weighted by atomic mass is 16.9. The maximum Gasteiger partial charge on any atom is 0.310 e. The van der Waals surface area contributed by atoms with E-state index in [0.29, 0.717) is 26.4 Å². The van der Waals surface area contributed by atoms with E-state index in [2.05, 4.69) is 20.8 Å². The van der Waals surface area contributed by atoms with Crippen LogP contribution in [-0.2, 0) is 37.9 Å². The number of hydrogen-bond donors (Lipinski definition) is 0. The van der Waals surface area contributed by atoms with Crippen LogP contribution in [0.15, 0.2) is 12.3 Å². The number of methoxy groups -OCH3 is 3. The van der Waals surface area contributed by atoms with Crippen LogP contribution in [0.4, 0.5) is 0 Å². The summed E-state index contributed by atoms with van der Waals surface area (Å²) in [6, 6.07) is 0. The molecule has 0 aliphatic rings. The third kappa shape index (κ3) is 22.0. The van der Waals surface area contributed by atoms with Gasteiger partial charge in [0.2, 0.25) is 0 Å². The first-order valence-corrected chi connectivity index (χ1v) is 18.9. The Morgan fingerprint density at radius 1 is 0.500 bits per heavy atom. The Labute approximate surface area is 285 Å². The third-order valence-electron chi connectivity index (χ3n) is 8.12. The molecule has 0 saturated carbocycles. The molecule has 0 amide bonds. The predicted molar refractivity (Wildman–Crippen MR) is 191 cm³/mol. The Bertz CT molecular complexity index is 601. The molecule has 0 aliphatic heterocycles. The zero-order valence-corrected chi connectivity index (χ0v) is 32.1. The quantitative estimate of drug-likeness (QED) is 0.0390. The van der Waals surface area contributed by atoms with Gasteiger partial charge in [-0.15, -0.1) is 0 Å². The molecular formula is C38H78O8. The lowest BCUT2D eigenvalue weighted by Gasteiger charge is -2.38. The average Bonchev–Trinajstić information content (AvgIpc) is 3.06. The first-order chi connectivity index (χ1) is 22.4. The number of ether oxygens (including phenoxy) is 8. The second-order valence-corrected chi connectivity index (χ2v) is 11.7. The number of rotatable bonds is 33. The highest BCUT2D eigenvalue weighted by molar-refractivity contribution is 4.74. The molecule has 0 bridgehead atoms. The van der Waals surface area contributed by atoms with Gasteiger partial charge in [-0.3, -0.25) is 0 Å². The topological polar surface area (TPSA) is 73.8 Å². The Morgan fingerprint density at radius 3 is 1.39 bits per heavy atom. The molecule has 0 radical (unpaired) electrons. The Hall–Kier alpha value is -0.740. The van der Waals surface area contributed by atoms with Gasteiger partial charge >= 0.3 is 5.97 Å². The number of allylic oxidation sites excluding steroid dienone is 1. The zero-order valence-electron chi connectivity index (χ0n) is 32.1. The summed E-state index contributed by atoms with van der Waals surface area (Å²) in [5.74, 6) is -1.79. The van der Waals surface area contributed by atoms with E-state index >= 15 is 0 Å². The van der Waals surface area contributed by atoms with E-state index in [1.165, 1.54) is 70.6 Å². The molecule has 8 nitrogen and oxygen atoms in total. The van der Waals surface area contributed by atoms with Crippen LogP contribution in [0.2, 0.25) is 0 Å². The second-order valence-electron chi connectivity index (χ2n) is 11.7. The van der Waals surface area contributed by atoms with Gasteiger partial charge in [0.1, 0.15) is 6.10 Å². The molecule has 0 aliphatic carbocycles. The van der Waals surface area contributed by atoms with Crippen LogP contribution in [0, 0.1) is 5.92 Å². The molecule has 0 spiro atoms. The zero-order chi connectivity index (χ0) is 34.8. The first kappa shape index (κ1) is 47.4. The summed E-state index contributed by atoms with van der Waals surface area (Å²) in [6.45, 7) is 17.4. The van der Waals surface area contributed by atoms with Gasteiger partial charge in [0.15, 0.2) is 0 Å². The molecule has 0 rings (SSSR count). The third-order valence-corrected chi connectivity index (χ3v) is 8.12. The fourth-order valence-electron chi connectivity index (χ4n) is 5.75.